The normalized spacial score (nSPS) is 12.0. The molecule has 0 aliphatic carbocycles. The number of hydrogen-bond acceptors (Lipinski definition) is 6. The third kappa shape index (κ3) is 2.92. The van der Waals surface area contributed by atoms with Crippen molar-refractivity contribution in [2.75, 3.05) is 0 Å². The van der Waals surface area contributed by atoms with Crippen LogP contribution in [0.5, 0.6) is 0 Å². The van der Waals surface area contributed by atoms with Crippen LogP contribution in [-0.2, 0) is 18.6 Å². The zero-order valence-electron chi connectivity index (χ0n) is 10.8. The van der Waals surface area contributed by atoms with Crippen molar-refractivity contribution in [2.45, 2.75) is 45.8 Å². The molecule has 2 heterocycles. The summed E-state index contributed by atoms with van der Waals surface area (Å²) in [4.78, 5) is 4.24. The Labute approximate surface area is 105 Å². The number of aromatic nitrogens is 5. The highest BCUT2D eigenvalue weighted by atomic mass is 16.5. The molecule has 2 aromatic rings. The van der Waals surface area contributed by atoms with Crippen LogP contribution in [0.4, 0.5) is 0 Å². The van der Waals surface area contributed by atoms with Gasteiger partial charge in [-0.05, 0) is 20.3 Å². The molecule has 0 atom stereocenters. The summed E-state index contributed by atoms with van der Waals surface area (Å²) in [5.74, 6) is 1.20. The van der Waals surface area contributed by atoms with E-state index in [0.29, 0.717) is 24.0 Å². The van der Waals surface area contributed by atoms with E-state index in [1.54, 1.807) is 24.7 Å². The molecule has 98 valence electrons. The van der Waals surface area contributed by atoms with Gasteiger partial charge in [-0.3, -0.25) is 0 Å². The van der Waals surface area contributed by atoms with E-state index >= 15 is 0 Å². The quantitative estimate of drug-likeness (QED) is 0.848. The minimum absolute atomic E-state index is 0.361. The molecule has 2 aromatic heterocycles. The van der Waals surface area contributed by atoms with Crippen molar-refractivity contribution in [3.8, 4) is 0 Å². The maximum absolute atomic E-state index is 9.78. The Morgan fingerprint density at radius 3 is 2.83 bits per heavy atom. The summed E-state index contributed by atoms with van der Waals surface area (Å²) in [5, 5.41) is 21.4. The van der Waals surface area contributed by atoms with E-state index < -0.39 is 5.60 Å². The Hall–Kier alpha value is -1.76. The van der Waals surface area contributed by atoms with Crippen LogP contribution in [0.15, 0.2) is 10.7 Å². The molecule has 0 saturated heterocycles. The van der Waals surface area contributed by atoms with Gasteiger partial charge in [-0.1, -0.05) is 17.3 Å². The Kier molecular flexibility index (Phi) is 3.42. The monoisotopic (exact) mass is 251 g/mol. The fourth-order valence-electron chi connectivity index (χ4n) is 1.47. The van der Waals surface area contributed by atoms with Gasteiger partial charge >= 0.3 is 0 Å². The van der Waals surface area contributed by atoms with Gasteiger partial charge in [0.2, 0.25) is 5.89 Å². The van der Waals surface area contributed by atoms with Crippen molar-refractivity contribution in [1.29, 1.82) is 0 Å². The number of aryl methyl sites for hydroxylation is 1. The van der Waals surface area contributed by atoms with Crippen LogP contribution in [0, 0.1) is 0 Å². The highest BCUT2D eigenvalue weighted by Crippen LogP contribution is 2.15. The lowest BCUT2D eigenvalue weighted by atomic mass is 10.1. The Morgan fingerprint density at radius 2 is 2.22 bits per heavy atom. The predicted octanol–water partition coefficient (Wildman–Crippen LogP) is 0.889. The lowest BCUT2D eigenvalue weighted by molar-refractivity contribution is 0.0737. The molecule has 0 unspecified atom stereocenters. The molecule has 2 rings (SSSR count). The first-order chi connectivity index (χ1) is 8.49. The van der Waals surface area contributed by atoms with E-state index in [4.69, 9.17) is 4.52 Å². The standard InChI is InChI=1S/C11H17N5O2/c1-4-5-9-12-10(18-14-9)7-16-6-8(13-15-16)11(2,3)17/h6,17H,4-5,7H2,1-3H3. The van der Waals surface area contributed by atoms with Crippen LogP contribution in [0.2, 0.25) is 0 Å². The van der Waals surface area contributed by atoms with Crippen molar-refractivity contribution in [2.24, 2.45) is 0 Å². The highest BCUT2D eigenvalue weighted by Gasteiger charge is 2.20. The molecule has 0 aliphatic heterocycles. The number of nitrogens with zero attached hydrogens (tertiary/aromatic N) is 5. The summed E-state index contributed by atoms with van der Waals surface area (Å²) in [5.41, 5.74) is -0.490. The number of hydrogen-bond donors (Lipinski definition) is 1. The molecule has 0 radical (unpaired) electrons. The van der Waals surface area contributed by atoms with E-state index in [2.05, 4.69) is 27.4 Å². The molecular weight excluding hydrogens is 234 g/mol. The van der Waals surface area contributed by atoms with Gasteiger partial charge in [-0.15, -0.1) is 5.10 Å². The average Bonchev–Trinajstić information content (AvgIpc) is 2.88. The first-order valence-electron chi connectivity index (χ1n) is 5.93. The van der Waals surface area contributed by atoms with Crippen molar-refractivity contribution < 1.29 is 9.63 Å². The minimum atomic E-state index is -1.000. The van der Waals surface area contributed by atoms with Crippen molar-refractivity contribution in [3.63, 3.8) is 0 Å². The summed E-state index contributed by atoms with van der Waals surface area (Å²) in [7, 11) is 0. The van der Waals surface area contributed by atoms with Crippen molar-refractivity contribution in [3.05, 3.63) is 23.6 Å². The van der Waals surface area contributed by atoms with Crippen LogP contribution >= 0.6 is 0 Å². The zero-order chi connectivity index (χ0) is 13.2. The van der Waals surface area contributed by atoms with Gasteiger partial charge in [0.25, 0.3) is 0 Å². The van der Waals surface area contributed by atoms with Gasteiger partial charge < -0.3 is 9.63 Å². The largest absolute Gasteiger partial charge is 0.384 e. The molecule has 0 bridgehead atoms. The van der Waals surface area contributed by atoms with E-state index in [9.17, 15) is 5.11 Å². The lowest BCUT2D eigenvalue weighted by Gasteiger charge is -2.11. The summed E-state index contributed by atoms with van der Waals surface area (Å²) in [6.07, 6.45) is 3.45. The molecule has 0 amide bonds. The molecule has 0 spiro atoms. The molecule has 0 aliphatic rings. The van der Waals surface area contributed by atoms with Gasteiger partial charge in [-0.2, -0.15) is 4.98 Å². The van der Waals surface area contributed by atoms with E-state index in [1.807, 2.05) is 0 Å². The molecule has 0 fully saturated rings. The van der Waals surface area contributed by atoms with Crippen molar-refractivity contribution >= 4 is 0 Å². The minimum Gasteiger partial charge on any atom is -0.384 e. The van der Waals surface area contributed by atoms with E-state index in [0.717, 1.165) is 12.8 Å². The molecule has 0 aromatic carbocycles. The fraction of sp³-hybridized carbons (Fsp3) is 0.636. The SMILES string of the molecule is CCCc1noc(Cn2cc(C(C)(C)O)nn2)n1. The zero-order valence-corrected chi connectivity index (χ0v) is 10.8. The second kappa shape index (κ2) is 4.85. The topological polar surface area (TPSA) is 89.9 Å². The van der Waals surface area contributed by atoms with E-state index in [1.165, 1.54) is 0 Å². The Bertz CT molecular complexity index is 511. The molecule has 18 heavy (non-hydrogen) atoms. The lowest BCUT2D eigenvalue weighted by Crippen LogP contribution is -2.15. The second-order valence-corrected chi connectivity index (χ2v) is 4.71. The molecule has 0 saturated carbocycles. The third-order valence-electron chi connectivity index (χ3n) is 2.45. The van der Waals surface area contributed by atoms with Crippen molar-refractivity contribution in [1.82, 2.24) is 25.1 Å². The summed E-state index contributed by atoms with van der Waals surface area (Å²) >= 11 is 0. The maximum Gasteiger partial charge on any atom is 0.248 e. The van der Waals surface area contributed by atoms with Crippen LogP contribution in [0.1, 0.15) is 44.6 Å². The second-order valence-electron chi connectivity index (χ2n) is 4.71. The summed E-state index contributed by atoms with van der Waals surface area (Å²) in [6, 6.07) is 0. The molecule has 1 N–H and O–H groups in total. The van der Waals surface area contributed by atoms with Gasteiger partial charge in [0, 0.05) is 6.42 Å². The van der Waals surface area contributed by atoms with Gasteiger partial charge in [0.05, 0.1) is 6.20 Å². The molecule has 7 nitrogen and oxygen atoms in total. The van der Waals surface area contributed by atoms with Gasteiger partial charge in [0.1, 0.15) is 17.8 Å². The average molecular weight is 251 g/mol. The Balaban J connectivity index is 2.06. The fourth-order valence-corrected chi connectivity index (χ4v) is 1.47. The number of rotatable bonds is 5. The van der Waals surface area contributed by atoms with Gasteiger partial charge in [0.15, 0.2) is 5.82 Å². The Morgan fingerprint density at radius 1 is 1.44 bits per heavy atom. The van der Waals surface area contributed by atoms with Crippen LogP contribution in [0.25, 0.3) is 0 Å². The summed E-state index contributed by atoms with van der Waals surface area (Å²) in [6.45, 7) is 5.74. The summed E-state index contributed by atoms with van der Waals surface area (Å²) < 4.78 is 6.67. The first kappa shape index (κ1) is 12.7. The van der Waals surface area contributed by atoms with Crippen LogP contribution in [-0.4, -0.2) is 30.2 Å². The molecular formula is C11H17N5O2. The highest BCUT2D eigenvalue weighted by molar-refractivity contribution is 5.03. The molecule has 7 heteroatoms. The van der Waals surface area contributed by atoms with Gasteiger partial charge in [-0.25, -0.2) is 4.68 Å². The number of aliphatic hydroxyl groups is 1. The van der Waals surface area contributed by atoms with Crippen LogP contribution in [0.3, 0.4) is 0 Å². The van der Waals surface area contributed by atoms with Crippen LogP contribution < -0.4 is 0 Å². The smallest absolute Gasteiger partial charge is 0.248 e. The first-order valence-corrected chi connectivity index (χ1v) is 5.93. The maximum atomic E-state index is 9.78. The predicted molar refractivity (Wildman–Crippen MR) is 62.7 cm³/mol. The van der Waals surface area contributed by atoms with E-state index in [-0.39, 0.29) is 0 Å². The third-order valence-corrected chi connectivity index (χ3v) is 2.45.